The maximum absolute atomic E-state index is 12.8. The molecule has 1 unspecified atom stereocenters. The number of carbonyl (C=O) groups is 3. The number of hydrogen-bond donors (Lipinski definition) is 0. The Morgan fingerprint density at radius 3 is 0.870 bits per heavy atom. The van der Waals surface area contributed by atoms with E-state index in [1.54, 1.807) is 0 Å². The van der Waals surface area contributed by atoms with Crippen LogP contribution in [0.1, 0.15) is 175 Å². The molecule has 0 aromatic carbocycles. The van der Waals surface area contributed by atoms with E-state index in [0.717, 1.165) is 122 Å². The van der Waals surface area contributed by atoms with Crippen molar-refractivity contribution in [2.45, 2.75) is 181 Å². The lowest BCUT2D eigenvalue weighted by Gasteiger charge is -2.18. The molecule has 6 nitrogen and oxygen atoms in total. The lowest BCUT2D eigenvalue weighted by molar-refractivity contribution is -0.166. The predicted octanol–water partition coefficient (Wildman–Crippen LogP) is 17.7. The Morgan fingerprint density at radius 2 is 0.551 bits per heavy atom. The molecule has 0 aromatic heterocycles. The van der Waals surface area contributed by atoms with E-state index in [4.69, 9.17) is 14.2 Å². The Hall–Kier alpha value is -5.49. The third-order valence-corrected chi connectivity index (χ3v) is 9.91. The molecular formula is C63H92O6. The highest BCUT2D eigenvalue weighted by Gasteiger charge is 2.19. The minimum Gasteiger partial charge on any atom is -0.462 e. The van der Waals surface area contributed by atoms with Gasteiger partial charge in [0.05, 0.1) is 0 Å². The zero-order chi connectivity index (χ0) is 50.0. The maximum Gasteiger partial charge on any atom is 0.306 e. The van der Waals surface area contributed by atoms with Crippen molar-refractivity contribution < 1.29 is 28.6 Å². The van der Waals surface area contributed by atoms with Crippen LogP contribution in [-0.2, 0) is 28.6 Å². The first-order valence-corrected chi connectivity index (χ1v) is 26.3. The highest BCUT2D eigenvalue weighted by atomic mass is 16.6. The summed E-state index contributed by atoms with van der Waals surface area (Å²) in [6, 6.07) is 0. The summed E-state index contributed by atoms with van der Waals surface area (Å²) in [7, 11) is 0. The first kappa shape index (κ1) is 63.5. The molecule has 0 fully saturated rings. The Morgan fingerprint density at radius 1 is 0.290 bits per heavy atom. The van der Waals surface area contributed by atoms with E-state index in [-0.39, 0.29) is 38.4 Å². The summed E-state index contributed by atoms with van der Waals surface area (Å²) in [6.07, 6.45) is 83.3. The van der Waals surface area contributed by atoms with Crippen molar-refractivity contribution in [3.8, 4) is 0 Å². The highest BCUT2D eigenvalue weighted by Crippen LogP contribution is 2.09. The van der Waals surface area contributed by atoms with Crippen molar-refractivity contribution >= 4 is 17.9 Å². The van der Waals surface area contributed by atoms with E-state index in [2.05, 4.69) is 179 Å². The fourth-order valence-corrected chi connectivity index (χ4v) is 6.09. The molecule has 0 rings (SSSR count). The second-order valence-corrected chi connectivity index (χ2v) is 16.3. The smallest absolute Gasteiger partial charge is 0.306 e. The first-order chi connectivity index (χ1) is 34.0. The van der Waals surface area contributed by atoms with Crippen LogP contribution < -0.4 is 0 Å². The average Bonchev–Trinajstić information content (AvgIpc) is 3.35. The van der Waals surface area contributed by atoms with Crippen LogP contribution in [0.2, 0.25) is 0 Å². The summed E-state index contributed by atoms with van der Waals surface area (Å²) in [5, 5.41) is 0. The number of hydrogen-bond acceptors (Lipinski definition) is 6. The lowest BCUT2D eigenvalue weighted by atomic mass is 10.1. The Kier molecular flexibility index (Phi) is 50.7. The lowest BCUT2D eigenvalue weighted by Crippen LogP contribution is -2.30. The molecule has 0 saturated carbocycles. The number of carbonyl (C=O) groups excluding carboxylic acids is 3. The molecule has 380 valence electrons. The normalized spacial score (nSPS) is 13.6. The van der Waals surface area contributed by atoms with E-state index < -0.39 is 18.0 Å². The number of unbranched alkanes of at least 4 members (excludes halogenated alkanes) is 3. The van der Waals surface area contributed by atoms with Crippen molar-refractivity contribution in [3.63, 3.8) is 0 Å². The van der Waals surface area contributed by atoms with Gasteiger partial charge in [0.25, 0.3) is 0 Å². The Balaban J connectivity index is 4.70. The van der Waals surface area contributed by atoms with Crippen molar-refractivity contribution in [2.75, 3.05) is 13.2 Å². The second-order valence-electron chi connectivity index (χ2n) is 16.3. The van der Waals surface area contributed by atoms with Gasteiger partial charge in [-0.15, -0.1) is 0 Å². The Bertz CT molecular complexity index is 1700. The SMILES string of the molecule is CC/C=C\C/C=C\C/C=C\C/C=C\C/C=C\C/C=C\CCC(=O)OCC(COC(=O)CCCCC/C=C\C/C=C\C/C=C\CC)OC(=O)CC/C=C\C/C=C\C/C=C\C/C=C\C/C=C\C/C=C\CC. The van der Waals surface area contributed by atoms with E-state index in [1.165, 1.54) is 0 Å². The summed E-state index contributed by atoms with van der Waals surface area (Å²) in [5.74, 6) is -1.17. The number of ether oxygens (including phenoxy) is 3. The predicted molar refractivity (Wildman–Crippen MR) is 297 cm³/mol. The molecule has 0 saturated heterocycles. The monoisotopic (exact) mass is 945 g/mol. The molecule has 0 heterocycles. The number of esters is 3. The van der Waals surface area contributed by atoms with E-state index >= 15 is 0 Å². The van der Waals surface area contributed by atoms with Crippen LogP contribution in [0.5, 0.6) is 0 Å². The summed E-state index contributed by atoms with van der Waals surface area (Å²) in [4.78, 5) is 38.0. The van der Waals surface area contributed by atoms with Gasteiger partial charge in [0.15, 0.2) is 6.10 Å². The third kappa shape index (κ3) is 53.3. The van der Waals surface area contributed by atoms with Crippen LogP contribution in [0.4, 0.5) is 0 Å². The highest BCUT2D eigenvalue weighted by molar-refractivity contribution is 5.71. The van der Waals surface area contributed by atoms with Crippen LogP contribution >= 0.6 is 0 Å². The minimum atomic E-state index is -0.872. The van der Waals surface area contributed by atoms with Gasteiger partial charge < -0.3 is 14.2 Å². The molecule has 0 bridgehead atoms. The molecule has 0 aliphatic heterocycles. The molecular weight excluding hydrogens is 853 g/mol. The van der Waals surface area contributed by atoms with Crippen molar-refractivity contribution in [1.82, 2.24) is 0 Å². The van der Waals surface area contributed by atoms with Gasteiger partial charge in [0.2, 0.25) is 0 Å². The summed E-state index contributed by atoms with van der Waals surface area (Å²) < 4.78 is 16.6. The van der Waals surface area contributed by atoms with Crippen molar-refractivity contribution in [1.29, 1.82) is 0 Å². The molecule has 0 spiro atoms. The zero-order valence-electron chi connectivity index (χ0n) is 43.2. The van der Waals surface area contributed by atoms with E-state index in [1.807, 2.05) is 24.3 Å². The quantitative estimate of drug-likeness (QED) is 0.0262. The molecule has 69 heavy (non-hydrogen) atoms. The van der Waals surface area contributed by atoms with Gasteiger partial charge in [-0.25, -0.2) is 0 Å². The molecule has 0 radical (unpaired) electrons. The summed E-state index contributed by atoms with van der Waals surface area (Å²) >= 11 is 0. The molecule has 0 N–H and O–H groups in total. The summed E-state index contributed by atoms with van der Waals surface area (Å²) in [6.45, 7) is 6.10. The fraction of sp³-hybridized carbons (Fsp3) is 0.476. The van der Waals surface area contributed by atoms with Crippen LogP contribution in [-0.4, -0.2) is 37.2 Å². The van der Waals surface area contributed by atoms with Gasteiger partial charge in [-0.05, 0) is 128 Å². The Labute approximate surface area is 421 Å². The minimum absolute atomic E-state index is 0.157. The van der Waals surface area contributed by atoms with Crippen molar-refractivity contribution in [3.05, 3.63) is 182 Å². The maximum atomic E-state index is 12.8. The van der Waals surface area contributed by atoms with Crippen LogP contribution in [0, 0.1) is 0 Å². The molecule has 6 heteroatoms. The second kappa shape index (κ2) is 55.1. The van der Waals surface area contributed by atoms with E-state index in [0.29, 0.717) is 12.8 Å². The van der Waals surface area contributed by atoms with Gasteiger partial charge >= 0.3 is 17.9 Å². The van der Waals surface area contributed by atoms with Crippen LogP contribution in [0.15, 0.2) is 182 Å². The number of rotatable bonds is 44. The van der Waals surface area contributed by atoms with Crippen LogP contribution in [0.25, 0.3) is 0 Å². The van der Waals surface area contributed by atoms with Gasteiger partial charge in [-0.3, -0.25) is 14.4 Å². The van der Waals surface area contributed by atoms with Gasteiger partial charge in [-0.1, -0.05) is 209 Å². The molecule has 1 atom stereocenters. The van der Waals surface area contributed by atoms with E-state index in [9.17, 15) is 14.4 Å². The first-order valence-electron chi connectivity index (χ1n) is 26.3. The topological polar surface area (TPSA) is 78.9 Å². The zero-order valence-corrected chi connectivity index (χ0v) is 43.2. The molecule has 0 aromatic rings. The van der Waals surface area contributed by atoms with Gasteiger partial charge in [-0.2, -0.15) is 0 Å². The largest absolute Gasteiger partial charge is 0.462 e. The fourth-order valence-electron chi connectivity index (χ4n) is 6.09. The molecule has 0 aliphatic carbocycles. The standard InChI is InChI=1S/C63H92O6/c1-4-7-10-13-16-19-22-25-27-29-31-33-35-38-41-44-47-50-53-56-62(65)68-59-60(58-67-61(64)55-52-49-46-43-40-37-24-21-18-15-12-9-6-3)69-63(66)57-54-51-48-45-42-39-36-34-32-30-28-26-23-20-17-14-11-8-5-2/h7-12,16-21,25-28,31-34,37-42,47-48,50-51,60H,4-6,13-15,22-24,29-30,35-36,43-46,49,52-59H2,1-3H3/b10-7-,11-8-,12-9-,19-16-,20-17-,21-18-,27-25-,28-26-,33-31-,34-32-,40-37-,41-38-,42-39-,50-47-,51-48-. The van der Waals surface area contributed by atoms with Gasteiger partial charge in [0.1, 0.15) is 13.2 Å². The molecule has 0 amide bonds. The summed E-state index contributed by atoms with van der Waals surface area (Å²) in [5.41, 5.74) is 0. The third-order valence-electron chi connectivity index (χ3n) is 9.91. The molecule has 0 aliphatic rings. The van der Waals surface area contributed by atoms with Gasteiger partial charge in [0, 0.05) is 19.3 Å². The van der Waals surface area contributed by atoms with Crippen LogP contribution in [0.3, 0.4) is 0 Å². The number of allylic oxidation sites excluding steroid dienone is 30. The average molecular weight is 945 g/mol. The van der Waals surface area contributed by atoms with Crippen molar-refractivity contribution in [2.24, 2.45) is 0 Å².